The van der Waals surface area contributed by atoms with Crippen molar-refractivity contribution in [3.63, 3.8) is 0 Å². The van der Waals surface area contributed by atoms with Crippen molar-refractivity contribution in [2.75, 3.05) is 29.5 Å². The second-order valence-electron chi connectivity index (χ2n) is 9.61. The monoisotopic (exact) mass is 496 g/mol. The second kappa shape index (κ2) is 10.5. The Hall–Kier alpha value is -4.06. The van der Waals surface area contributed by atoms with Crippen LogP contribution in [0.4, 0.5) is 11.4 Å². The van der Waals surface area contributed by atoms with Crippen molar-refractivity contribution in [1.82, 2.24) is 0 Å². The molecule has 1 amide bonds. The van der Waals surface area contributed by atoms with E-state index in [2.05, 4.69) is 4.90 Å². The summed E-state index contributed by atoms with van der Waals surface area (Å²) in [7, 11) is 0. The predicted octanol–water partition coefficient (Wildman–Crippen LogP) is 6.01. The van der Waals surface area contributed by atoms with E-state index in [0.29, 0.717) is 23.6 Å². The third kappa shape index (κ3) is 4.71. The quantitative estimate of drug-likeness (QED) is 0.246. The van der Waals surface area contributed by atoms with Crippen LogP contribution in [0.1, 0.15) is 48.9 Å². The smallest absolute Gasteiger partial charge is 0.300 e. The fraction of sp³-hybridized carbons (Fsp3) is 0.290. The lowest BCUT2D eigenvalue weighted by molar-refractivity contribution is -0.132. The van der Waals surface area contributed by atoms with Crippen molar-refractivity contribution < 1.29 is 19.4 Å². The second-order valence-corrected chi connectivity index (χ2v) is 9.61. The summed E-state index contributed by atoms with van der Waals surface area (Å²) in [4.78, 5) is 30.7. The van der Waals surface area contributed by atoms with Crippen LogP contribution in [-0.4, -0.2) is 36.5 Å². The number of ether oxygens (including phenoxy) is 1. The molecule has 2 saturated heterocycles. The molecule has 2 fully saturated rings. The number of nitrogens with zero attached hydrogens (tertiary/aromatic N) is 2. The Morgan fingerprint density at radius 2 is 1.57 bits per heavy atom. The third-order valence-electron chi connectivity index (χ3n) is 7.13. The Morgan fingerprint density at radius 1 is 0.919 bits per heavy atom. The highest BCUT2D eigenvalue weighted by atomic mass is 16.5. The maximum absolute atomic E-state index is 13.5. The molecule has 2 heterocycles. The van der Waals surface area contributed by atoms with Gasteiger partial charge < -0.3 is 14.7 Å². The normalized spacial score (nSPS) is 19.0. The first kappa shape index (κ1) is 24.6. The van der Waals surface area contributed by atoms with Crippen molar-refractivity contribution in [1.29, 1.82) is 0 Å². The lowest BCUT2D eigenvalue weighted by Crippen LogP contribution is -2.29. The molecule has 6 heteroatoms. The first-order chi connectivity index (χ1) is 18.0. The zero-order valence-corrected chi connectivity index (χ0v) is 21.3. The highest BCUT2D eigenvalue weighted by Gasteiger charge is 2.47. The van der Waals surface area contributed by atoms with Gasteiger partial charge in [0.15, 0.2) is 0 Å². The number of rotatable bonds is 7. The van der Waals surface area contributed by atoms with Crippen LogP contribution in [0.2, 0.25) is 0 Å². The van der Waals surface area contributed by atoms with E-state index in [1.165, 1.54) is 17.7 Å². The number of amides is 1. The summed E-state index contributed by atoms with van der Waals surface area (Å²) in [5, 5.41) is 11.4. The number of hydrogen-bond donors (Lipinski definition) is 1. The first-order valence-corrected chi connectivity index (χ1v) is 12.9. The minimum absolute atomic E-state index is 0.0881. The molecule has 3 aromatic rings. The number of aliphatic hydroxyl groups excluding tert-OH is 1. The third-order valence-corrected chi connectivity index (χ3v) is 7.13. The van der Waals surface area contributed by atoms with Crippen LogP contribution < -0.4 is 14.5 Å². The van der Waals surface area contributed by atoms with Gasteiger partial charge in [-0.3, -0.25) is 14.5 Å². The van der Waals surface area contributed by atoms with Crippen LogP contribution in [0.5, 0.6) is 5.75 Å². The summed E-state index contributed by atoms with van der Waals surface area (Å²) in [5.41, 5.74) is 4.02. The molecule has 6 nitrogen and oxygen atoms in total. The molecule has 1 N–H and O–H groups in total. The fourth-order valence-electron chi connectivity index (χ4n) is 5.17. The van der Waals surface area contributed by atoms with Gasteiger partial charge in [0.2, 0.25) is 0 Å². The van der Waals surface area contributed by atoms with Gasteiger partial charge in [0.25, 0.3) is 11.7 Å². The SMILES string of the molecule is CCCOc1ccc(/C(O)=C2\C(=O)C(=O)N(c3ccc(N4CCCC4)cc3)C2c2ccccc2C)cc1. The van der Waals surface area contributed by atoms with E-state index in [4.69, 9.17) is 4.74 Å². The van der Waals surface area contributed by atoms with Crippen LogP contribution in [0.15, 0.2) is 78.4 Å². The molecule has 0 radical (unpaired) electrons. The van der Waals surface area contributed by atoms with E-state index in [1.54, 1.807) is 24.3 Å². The molecule has 1 atom stereocenters. The molecule has 37 heavy (non-hydrogen) atoms. The summed E-state index contributed by atoms with van der Waals surface area (Å²) in [5.74, 6) is -0.843. The van der Waals surface area contributed by atoms with Gasteiger partial charge in [-0.15, -0.1) is 0 Å². The molecule has 0 bridgehead atoms. The summed E-state index contributed by atoms with van der Waals surface area (Å²) in [6, 6.07) is 21.7. The summed E-state index contributed by atoms with van der Waals surface area (Å²) in [6.07, 6.45) is 3.24. The molecule has 0 aromatic heterocycles. The standard InChI is InChI=1S/C31H32N2O4/c1-3-20-37-25-16-10-22(11-17-25)29(34)27-28(26-9-5-4-8-21(26)2)33(31(36)30(27)35)24-14-12-23(13-15-24)32-18-6-7-19-32/h4-5,8-17,28,34H,3,6-7,18-20H2,1-2H3/b29-27+. The molecule has 0 saturated carbocycles. The summed E-state index contributed by atoms with van der Waals surface area (Å²) < 4.78 is 5.65. The number of anilines is 2. The van der Waals surface area contributed by atoms with Crippen molar-refractivity contribution in [3.05, 3.63) is 95.1 Å². The fourth-order valence-corrected chi connectivity index (χ4v) is 5.17. The van der Waals surface area contributed by atoms with E-state index in [9.17, 15) is 14.7 Å². The zero-order valence-electron chi connectivity index (χ0n) is 21.3. The molecule has 5 rings (SSSR count). The maximum atomic E-state index is 13.5. The number of ketones is 1. The molecule has 2 aliphatic heterocycles. The number of carbonyl (C=O) groups is 2. The van der Waals surface area contributed by atoms with Gasteiger partial charge in [0, 0.05) is 30.0 Å². The lowest BCUT2D eigenvalue weighted by atomic mass is 9.92. The van der Waals surface area contributed by atoms with Crippen LogP contribution in [-0.2, 0) is 9.59 Å². The zero-order chi connectivity index (χ0) is 25.9. The Labute approximate surface area is 217 Å². The molecule has 0 spiro atoms. The Kier molecular flexibility index (Phi) is 6.99. The average molecular weight is 497 g/mol. The minimum Gasteiger partial charge on any atom is -0.507 e. The number of aliphatic hydroxyl groups is 1. The van der Waals surface area contributed by atoms with Gasteiger partial charge in [0.1, 0.15) is 11.5 Å². The van der Waals surface area contributed by atoms with Gasteiger partial charge >= 0.3 is 0 Å². The van der Waals surface area contributed by atoms with Crippen LogP contribution in [0.25, 0.3) is 5.76 Å². The number of aryl methyl sites for hydroxylation is 1. The summed E-state index contributed by atoms with van der Waals surface area (Å²) in [6.45, 7) is 6.63. The van der Waals surface area contributed by atoms with Crippen LogP contribution in [0.3, 0.4) is 0 Å². The van der Waals surface area contributed by atoms with Crippen LogP contribution in [0, 0.1) is 6.92 Å². The van der Waals surface area contributed by atoms with E-state index < -0.39 is 17.7 Å². The van der Waals surface area contributed by atoms with Crippen molar-refractivity contribution >= 4 is 28.8 Å². The van der Waals surface area contributed by atoms with Gasteiger partial charge in [-0.05, 0) is 85.8 Å². The van der Waals surface area contributed by atoms with Gasteiger partial charge in [0.05, 0.1) is 18.2 Å². The van der Waals surface area contributed by atoms with E-state index in [-0.39, 0.29) is 11.3 Å². The number of benzene rings is 3. The van der Waals surface area contributed by atoms with Crippen LogP contribution >= 0.6 is 0 Å². The maximum Gasteiger partial charge on any atom is 0.300 e. The molecule has 0 aliphatic carbocycles. The summed E-state index contributed by atoms with van der Waals surface area (Å²) >= 11 is 0. The number of hydrogen-bond acceptors (Lipinski definition) is 5. The highest BCUT2D eigenvalue weighted by molar-refractivity contribution is 6.51. The minimum atomic E-state index is -0.741. The molecular formula is C31H32N2O4. The number of Topliss-reactive ketones (excluding diaryl/α,β-unsaturated/α-hetero) is 1. The molecular weight excluding hydrogens is 464 g/mol. The molecule has 2 aliphatic rings. The number of carbonyl (C=O) groups excluding carboxylic acids is 2. The first-order valence-electron chi connectivity index (χ1n) is 12.9. The Balaban J connectivity index is 1.58. The van der Waals surface area contributed by atoms with E-state index >= 15 is 0 Å². The van der Waals surface area contributed by atoms with E-state index in [0.717, 1.165) is 36.3 Å². The average Bonchev–Trinajstić information content (AvgIpc) is 3.55. The highest BCUT2D eigenvalue weighted by Crippen LogP contribution is 2.43. The van der Waals surface area contributed by atoms with Crippen molar-refractivity contribution in [2.24, 2.45) is 0 Å². The van der Waals surface area contributed by atoms with Crippen molar-refractivity contribution in [2.45, 2.75) is 39.2 Å². The molecule has 190 valence electrons. The molecule has 1 unspecified atom stereocenters. The largest absolute Gasteiger partial charge is 0.507 e. The Morgan fingerprint density at radius 3 is 2.22 bits per heavy atom. The van der Waals surface area contributed by atoms with E-state index in [1.807, 2.05) is 62.4 Å². The van der Waals surface area contributed by atoms with Gasteiger partial charge in [-0.1, -0.05) is 31.2 Å². The molecule has 3 aromatic carbocycles. The van der Waals surface area contributed by atoms with Gasteiger partial charge in [-0.2, -0.15) is 0 Å². The predicted molar refractivity (Wildman–Crippen MR) is 146 cm³/mol. The lowest BCUT2D eigenvalue weighted by Gasteiger charge is -2.27. The van der Waals surface area contributed by atoms with Gasteiger partial charge in [-0.25, -0.2) is 0 Å². The Bertz CT molecular complexity index is 1320. The topological polar surface area (TPSA) is 70.1 Å². The van der Waals surface area contributed by atoms with Crippen molar-refractivity contribution in [3.8, 4) is 5.75 Å².